The Morgan fingerprint density at radius 1 is 1.00 bits per heavy atom. The fourth-order valence-corrected chi connectivity index (χ4v) is 8.15. The van der Waals surface area contributed by atoms with Crippen molar-refractivity contribution in [1.82, 2.24) is 0 Å². The Balaban J connectivity index is 1.66. The standard InChI is InChI=1S/C26H44O3/c1-15(2)20(14-24(5,6)7)23(27)29-26-13-19-8-16(3)25(28)12-18(9-17(26)4)11-22(26)21(25)10-19/h15-22,28H,8-14H2,1-7H3. The van der Waals surface area contributed by atoms with E-state index in [-0.39, 0.29) is 28.8 Å². The third-order valence-corrected chi connectivity index (χ3v) is 9.45. The number of ether oxygens (including phenoxy) is 1. The first-order chi connectivity index (χ1) is 13.4. The summed E-state index contributed by atoms with van der Waals surface area (Å²) in [7, 11) is 0. The second kappa shape index (κ2) is 6.97. The van der Waals surface area contributed by atoms with Gasteiger partial charge in [-0.3, -0.25) is 4.79 Å². The molecule has 29 heavy (non-hydrogen) atoms. The summed E-state index contributed by atoms with van der Waals surface area (Å²) in [4.78, 5) is 13.6. The third kappa shape index (κ3) is 3.48. The van der Waals surface area contributed by atoms with Crippen LogP contribution >= 0.6 is 0 Å². The molecule has 0 saturated heterocycles. The van der Waals surface area contributed by atoms with E-state index in [4.69, 9.17) is 4.74 Å². The van der Waals surface area contributed by atoms with Gasteiger partial charge in [-0.1, -0.05) is 48.5 Å². The molecule has 3 nitrogen and oxygen atoms in total. The van der Waals surface area contributed by atoms with Crippen LogP contribution in [0.1, 0.15) is 93.4 Å². The highest BCUT2D eigenvalue weighted by molar-refractivity contribution is 5.73. The molecular weight excluding hydrogens is 360 g/mol. The van der Waals surface area contributed by atoms with E-state index in [1.165, 1.54) is 0 Å². The molecule has 0 heterocycles. The van der Waals surface area contributed by atoms with Crippen LogP contribution in [0.15, 0.2) is 0 Å². The molecular formula is C26H44O3. The molecule has 0 amide bonds. The maximum Gasteiger partial charge on any atom is 0.309 e. The van der Waals surface area contributed by atoms with Gasteiger partial charge in [-0.2, -0.15) is 0 Å². The molecule has 0 aromatic rings. The van der Waals surface area contributed by atoms with E-state index >= 15 is 0 Å². The van der Waals surface area contributed by atoms with Crippen molar-refractivity contribution < 1.29 is 14.6 Å². The van der Waals surface area contributed by atoms with E-state index in [1.807, 2.05) is 0 Å². The SMILES string of the molecule is CC(C)C(CC(C)(C)C)C(=O)OC12CC3CC(C)C4(O)CC(CC1C)CC2C4C3. The summed E-state index contributed by atoms with van der Waals surface area (Å²) in [5.41, 5.74) is -0.773. The molecule has 0 aromatic heterocycles. The summed E-state index contributed by atoms with van der Waals surface area (Å²) in [5, 5.41) is 11.7. The predicted octanol–water partition coefficient (Wildman–Crippen LogP) is 5.84. The minimum Gasteiger partial charge on any atom is -0.458 e. The second-order valence-corrected chi connectivity index (χ2v) is 13.1. The molecule has 9 atom stereocenters. The first-order valence-electron chi connectivity index (χ1n) is 12.3. The van der Waals surface area contributed by atoms with Crippen molar-refractivity contribution in [3.63, 3.8) is 0 Å². The Kier molecular flexibility index (Phi) is 5.20. The lowest BCUT2D eigenvalue weighted by molar-refractivity contribution is -0.272. The zero-order valence-electron chi connectivity index (χ0n) is 19.8. The van der Waals surface area contributed by atoms with Crippen LogP contribution in [-0.2, 0) is 9.53 Å². The molecule has 9 unspecified atom stereocenters. The molecule has 0 radical (unpaired) electrons. The van der Waals surface area contributed by atoms with Crippen LogP contribution in [0.25, 0.3) is 0 Å². The van der Waals surface area contributed by atoms with Gasteiger partial charge in [0.1, 0.15) is 5.60 Å². The Bertz CT molecular complexity index is 649. The fraction of sp³-hybridized carbons (Fsp3) is 0.962. The highest BCUT2D eigenvalue weighted by atomic mass is 16.6. The van der Waals surface area contributed by atoms with Gasteiger partial charge in [0.2, 0.25) is 0 Å². The highest BCUT2D eigenvalue weighted by Crippen LogP contribution is 2.66. The van der Waals surface area contributed by atoms with Gasteiger partial charge < -0.3 is 9.84 Å². The number of aliphatic hydroxyl groups is 1. The molecule has 4 aliphatic rings. The zero-order chi connectivity index (χ0) is 21.4. The summed E-state index contributed by atoms with van der Waals surface area (Å²) in [6.45, 7) is 15.6. The molecule has 3 heteroatoms. The van der Waals surface area contributed by atoms with Crippen molar-refractivity contribution in [2.45, 2.75) is 105 Å². The first-order valence-corrected chi connectivity index (χ1v) is 12.3. The van der Waals surface area contributed by atoms with Crippen molar-refractivity contribution in [3.05, 3.63) is 0 Å². The quantitative estimate of drug-likeness (QED) is 0.599. The number of hydrogen-bond acceptors (Lipinski definition) is 3. The van der Waals surface area contributed by atoms with Gasteiger partial charge in [0.25, 0.3) is 0 Å². The maximum absolute atomic E-state index is 13.6. The molecule has 4 aliphatic carbocycles. The van der Waals surface area contributed by atoms with Gasteiger partial charge in [-0.25, -0.2) is 0 Å². The van der Waals surface area contributed by atoms with E-state index in [0.717, 1.165) is 44.9 Å². The second-order valence-electron chi connectivity index (χ2n) is 13.1. The van der Waals surface area contributed by atoms with E-state index < -0.39 is 5.60 Å². The van der Waals surface area contributed by atoms with E-state index in [1.54, 1.807) is 0 Å². The Morgan fingerprint density at radius 3 is 2.21 bits per heavy atom. The first kappa shape index (κ1) is 21.7. The van der Waals surface area contributed by atoms with E-state index in [2.05, 4.69) is 48.5 Å². The van der Waals surface area contributed by atoms with Crippen LogP contribution in [0.2, 0.25) is 0 Å². The average Bonchev–Trinajstić information content (AvgIpc) is 2.58. The predicted molar refractivity (Wildman–Crippen MR) is 116 cm³/mol. The number of fused-ring (bicyclic) bond motifs is 2. The largest absolute Gasteiger partial charge is 0.458 e. The molecule has 4 saturated carbocycles. The molecule has 4 bridgehead atoms. The Morgan fingerprint density at radius 2 is 1.59 bits per heavy atom. The van der Waals surface area contributed by atoms with Gasteiger partial charge >= 0.3 is 5.97 Å². The molecule has 0 aromatic carbocycles. The summed E-state index contributed by atoms with van der Waals surface area (Å²) >= 11 is 0. The number of carbonyl (C=O) groups excluding carboxylic acids is 1. The van der Waals surface area contributed by atoms with Crippen molar-refractivity contribution in [2.75, 3.05) is 0 Å². The smallest absolute Gasteiger partial charge is 0.309 e. The lowest BCUT2D eigenvalue weighted by Crippen LogP contribution is -2.69. The van der Waals surface area contributed by atoms with Gasteiger partial charge in [-0.05, 0) is 85.9 Å². The molecule has 0 aliphatic heterocycles. The maximum atomic E-state index is 13.6. The lowest BCUT2D eigenvalue weighted by atomic mass is 9.42. The van der Waals surface area contributed by atoms with Crippen LogP contribution < -0.4 is 0 Å². The fourth-order valence-electron chi connectivity index (χ4n) is 8.15. The third-order valence-electron chi connectivity index (χ3n) is 9.45. The van der Waals surface area contributed by atoms with Gasteiger partial charge in [0.05, 0.1) is 11.5 Å². The summed E-state index contributed by atoms with van der Waals surface area (Å²) in [6, 6.07) is 0. The van der Waals surface area contributed by atoms with Gasteiger partial charge in [0.15, 0.2) is 0 Å². The van der Waals surface area contributed by atoms with Crippen LogP contribution in [0, 0.1) is 52.8 Å². The van der Waals surface area contributed by atoms with Gasteiger partial charge in [-0.15, -0.1) is 0 Å². The van der Waals surface area contributed by atoms with Crippen LogP contribution in [0.3, 0.4) is 0 Å². The number of rotatable bonds is 4. The van der Waals surface area contributed by atoms with Crippen molar-refractivity contribution in [2.24, 2.45) is 52.8 Å². The topological polar surface area (TPSA) is 46.5 Å². The monoisotopic (exact) mass is 404 g/mol. The summed E-state index contributed by atoms with van der Waals surface area (Å²) in [5.74, 6) is 2.91. The van der Waals surface area contributed by atoms with Crippen LogP contribution in [-0.4, -0.2) is 22.3 Å². The van der Waals surface area contributed by atoms with Gasteiger partial charge in [0, 0.05) is 5.92 Å². The Labute approximate surface area is 178 Å². The summed E-state index contributed by atoms with van der Waals surface area (Å²) in [6.07, 6.45) is 7.34. The number of hydrogen-bond donors (Lipinski definition) is 1. The zero-order valence-corrected chi connectivity index (χ0v) is 19.8. The van der Waals surface area contributed by atoms with Crippen molar-refractivity contribution in [1.29, 1.82) is 0 Å². The molecule has 4 fully saturated rings. The van der Waals surface area contributed by atoms with E-state index in [0.29, 0.717) is 35.5 Å². The van der Waals surface area contributed by atoms with Crippen molar-refractivity contribution in [3.8, 4) is 0 Å². The molecule has 166 valence electrons. The highest BCUT2D eigenvalue weighted by Gasteiger charge is 2.67. The number of carbonyl (C=O) groups is 1. The average molecular weight is 405 g/mol. The van der Waals surface area contributed by atoms with E-state index in [9.17, 15) is 9.90 Å². The lowest BCUT2D eigenvalue weighted by Gasteiger charge is -2.67. The molecule has 4 rings (SSSR count). The van der Waals surface area contributed by atoms with Crippen LogP contribution in [0.4, 0.5) is 0 Å². The normalized spacial score (nSPS) is 47.2. The minimum atomic E-state index is -0.537. The summed E-state index contributed by atoms with van der Waals surface area (Å²) < 4.78 is 6.70. The Hall–Kier alpha value is -0.570. The van der Waals surface area contributed by atoms with Crippen LogP contribution in [0.5, 0.6) is 0 Å². The molecule has 0 spiro atoms. The molecule has 1 N–H and O–H groups in total. The number of esters is 1. The minimum absolute atomic E-state index is 0.0300. The van der Waals surface area contributed by atoms with Crippen molar-refractivity contribution >= 4 is 5.97 Å².